The number of nitrogens with one attached hydrogen (secondary N) is 1. The molecule has 1 fully saturated rings. The molecule has 1 amide bonds. The van der Waals surface area contributed by atoms with E-state index in [0.29, 0.717) is 17.6 Å². The van der Waals surface area contributed by atoms with Gasteiger partial charge >= 0.3 is 5.97 Å². The maximum atomic E-state index is 12.0. The van der Waals surface area contributed by atoms with E-state index in [9.17, 15) is 9.59 Å². The lowest BCUT2D eigenvalue weighted by atomic mass is 9.92. The number of aromatic nitrogens is 3. The fourth-order valence-corrected chi connectivity index (χ4v) is 2.80. The second-order valence-electron chi connectivity index (χ2n) is 5.85. The Balaban J connectivity index is 2.24. The molecule has 1 aliphatic rings. The van der Waals surface area contributed by atoms with E-state index < -0.39 is 11.4 Å². The first-order valence-corrected chi connectivity index (χ1v) is 7.83. The molecule has 2 N–H and O–H groups in total. The van der Waals surface area contributed by atoms with Crippen LogP contribution in [0.25, 0.3) is 0 Å². The lowest BCUT2D eigenvalue weighted by Crippen LogP contribution is -2.38. The van der Waals surface area contributed by atoms with Gasteiger partial charge in [-0.05, 0) is 26.7 Å². The second-order valence-corrected chi connectivity index (χ2v) is 6.79. The predicted molar refractivity (Wildman–Crippen MR) is 78.2 cm³/mol. The summed E-state index contributed by atoms with van der Waals surface area (Å²) in [6.45, 7) is 4.15. The first-order chi connectivity index (χ1) is 9.85. The molecule has 21 heavy (non-hydrogen) atoms. The summed E-state index contributed by atoms with van der Waals surface area (Å²) < 4.78 is 1.90. The summed E-state index contributed by atoms with van der Waals surface area (Å²) in [6.07, 6.45) is 2.14. The van der Waals surface area contributed by atoms with Crippen LogP contribution in [0.2, 0.25) is 0 Å². The maximum Gasteiger partial charge on any atom is 0.313 e. The van der Waals surface area contributed by atoms with Gasteiger partial charge in [-0.1, -0.05) is 11.8 Å². The van der Waals surface area contributed by atoms with Crippen LogP contribution in [0.15, 0.2) is 5.16 Å². The van der Waals surface area contributed by atoms with Gasteiger partial charge < -0.3 is 15.0 Å². The minimum absolute atomic E-state index is 0.0628. The third kappa shape index (κ3) is 3.75. The van der Waals surface area contributed by atoms with Crippen LogP contribution in [0.1, 0.15) is 38.4 Å². The van der Waals surface area contributed by atoms with E-state index in [1.807, 2.05) is 18.4 Å². The van der Waals surface area contributed by atoms with E-state index in [0.717, 1.165) is 30.4 Å². The van der Waals surface area contributed by atoms with Crippen molar-refractivity contribution in [1.82, 2.24) is 20.1 Å². The average molecular weight is 312 g/mol. The molecule has 2 rings (SSSR count). The molecule has 0 unspecified atom stereocenters. The van der Waals surface area contributed by atoms with Crippen molar-refractivity contribution in [3.8, 4) is 0 Å². The summed E-state index contributed by atoms with van der Waals surface area (Å²) in [5.41, 5.74) is -0.612. The molecule has 1 aromatic heterocycles. The smallest absolute Gasteiger partial charge is 0.313 e. The van der Waals surface area contributed by atoms with E-state index in [1.165, 1.54) is 0 Å². The summed E-state index contributed by atoms with van der Waals surface area (Å²) in [4.78, 5) is 22.7. The van der Waals surface area contributed by atoms with Crippen LogP contribution >= 0.6 is 11.8 Å². The van der Waals surface area contributed by atoms with E-state index in [4.69, 9.17) is 5.11 Å². The minimum atomic E-state index is -0.895. The van der Waals surface area contributed by atoms with Crippen molar-refractivity contribution in [2.75, 3.05) is 12.8 Å². The van der Waals surface area contributed by atoms with Gasteiger partial charge in [0.1, 0.15) is 5.82 Å². The molecule has 0 atom stereocenters. The number of aliphatic carboxylic acids is 1. The summed E-state index contributed by atoms with van der Waals surface area (Å²) >= 11 is 1.14. The Morgan fingerprint density at radius 2 is 2.10 bits per heavy atom. The van der Waals surface area contributed by atoms with Crippen molar-refractivity contribution in [2.45, 2.75) is 44.3 Å². The summed E-state index contributed by atoms with van der Waals surface area (Å²) in [5, 5.41) is 20.3. The molecule has 0 radical (unpaired) electrons. The molecule has 0 saturated heterocycles. The second kappa shape index (κ2) is 6.05. The Morgan fingerprint density at radius 3 is 2.62 bits per heavy atom. The third-order valence-corrected chi connectivity index (χ3v) is 4.36. The fourth-order valence-electron chi connectivity index (χ4n) is 2.13. The molecule has 0 aromatic carbocycles. The fraction of sp³-hybridized carbons (Fsp3) is 0.692. The highest BCUT2D eigenvalue weighted by molar-refractivity contribution is 7.99. The van der Waals surface area contributed by atoms with Crippen molar-refractivity contribution in [3.63, 3.8) is 0 Å². The van der Waals surface area contributed by atoms with Crippen molar-refractivity contribution in [3.05, 3.63) is 5.82 Å². The summed E-state index contributed by atoms with van der Waals surface area (Å²) in [7, 11) is 1.61. The quantitative estimate of drug-likeness (QED) is 0.732. The zero-order valence-electron chi connectivity index (χ0n) is 12.4. The van der Waals surface area contributed by atoms with Crippen LogP contribution in [0.5, 0.6) is 0 Å². The number of carboxylic acids is 1. The monoisotopic (exact) mass is 312 g/mol. The summed E-state index contributed by atoms with van der Waals surface area (Å²) in [5.74, 6) is 0.223. The van der Waals surface area contributed by atoms with Crippen LogP contribution in [0.3, 0.4) is 0 Å². The molecular weight excluding hydrogens is 292 g/mol. The SMILES string of the molecule is CNC(=O)C(C)(C)Cn1c(SCC(=O)O)nnc1C1CC1. The molecule has 1 aliphatic carbocycles. The number of carboxylic acid groups (broad SMARTS) is 1. The lowest BCUT2D eigenvalue weighted by Gasteiger charge is -2.24. The van der Waals surface area contributed by atoms with Gasteiger partial charge in [0, 0.05) is 19.5 Å². The molecule has 0 spiro atoms. The Hall–Kier alpha value is -1.57. The number of nitrogens with zero attached hydrogens (tertiary/aromatic N) is 3. The summed E-state index contributed by atoms with van der Waals surface area (Å²) in [6, 6.07) is 0. The van der Waals surface area contributed by atoms with Gasteiger partial charge in [-0.25, -0.2) is 0 Å². The first-order valence-electron chi connectivity index (χ1n) is 6.85. The highest BCUT2D eigenvalue weighted by Crippen LogP contribution is 2.40. The van der Waals surface area contributed by atoms with Gasteiger partial charge in [0.15, 0.2) is 5.16 Å². The number of rotatable bonds is 7. The van der Waals surface area contributed by atoms with Gasteiger partial charge in [-0.2, -0.15) is 0 Å². The predicted octanol–water partition coefficient (Wildman–Crippen LogP) is 1.10. The topological polar surface area (TPSA) is 97.1 Å². The molecule has 1 saturated carbocycles. The van der Waals surface area contributed by atoms with Crippen LogP contribution in [0, 0.1) is 5.41 Å². The molecule has 0 aliphatic heterocycles. The van der Waals surface area contributed by atoms with Crippen LogP contribution in [-0.2, 0) is 16.1 Å². The molecule has 116 valence electrons. The van der Waals surface area contributed by atoms with Gasteiger partial charge in [0.25, 0.3) is 0 Å². The van der Waals surface area contributed by atoms with E-state index in [-0.39, 0.29) is 11.7 Å². The van der Waals surface area contributed by atoms with Crippen LogP contribution < -0.4 is 5.32 Å². The van der Waals surface area contributed by atoms with E-state index in [2.05, 4.69) is 15.5 Å². The van der Waals surface area contributed by atoms with Gasteiger partial charge in [-0.15, -0.1) is 10.2 Å². The van der Waals surface area contributed by atoms with Gasteiger partial charge in [-0.3, -0.25) is 9.59 Å². The molecule has 8 heteroatoms. The highest BCUT2D eigenvalue weighted by atomic mass is 32.2. The van der Waals surface area contributed by atoms with Gasteiger partial charge in [0.05, 0.1) is 11.2 Å². The molecule has 0 bridgehead atoms. The Bertz CT molecular complexity index is 552. The first kappa shape index (κ1) is 15.8. The zero-order chi connectivity index (χ0) is 15.6. The molecular formula is C13H20N4O3S. The molecule has 1 aromatic rings. The average Bonchev–Trinajstić information content (AvgIpc) is 3.18. The standard InChI is InChI=1S/C13H20N4O3S/c1-13(2,11(20)14-3)7-17-10(8-4-5-8)15-16-12(17)21-6-9(18)19/h8H,4-7H2,1-3H3,(H,14,20)(H,18,19). The van der Waals surface area contributed by atoms with Gasteiger partial charge in [0.2, 0.25) is 5.91 Å². The number of carbonyl (C=O) groups is 2. The highest BCUT2D eigenvalue weighted by Gasteiger charge is 2.34. The number of hydrogen-bond donors (Lipinski definition) is 2. The van der Waals surface area contributed by atoms with Crippen LogP contribution in [-0.4, -0.2) is 44.5 Å². The largest absolute Gasteiger partial charge is 0.481 e. The molecule has 7 nitrogen and oxygen atoms in total. The Labute approximate surface area is 127 Å². The third-order valence-electron chi connectivity index (χ3n) is 3.41. The van der Waals surface area contributed by atoms with E-state index in [1.54, 1.807) is 7.05 Å². The Morgan fingerprint density at radius 1 is 1.43 bits per heavy atom. The molecule has 1 heterocycles. The minimum Gasteiger partial charge on any atom is -0.481 e. The van der Waals surface area contributed by atoms with E-state index >= 15 is 0 Å². The zero-order valence-corrected chi connectivity index (χ0v) is 13.2. The van der Waals surface area contributed by atoms with Crippen molar-refractivity contribution < 1.29 is 14.7 Å². The Kier molecular flexibility index (Phi) is 4.55. The number of hydrogen-bond acceptors (Lipinski definition) is 5. The van der Waals surface area contributed by atoms with Crippen molar-refractivity contribution in [2.24, 2.45) is 5.41 Å². The van der Waals surface area contributed by atoms with Crippen molar-refractivity contribution in [1.29, 1.82) is 0 Å². The maximum absolute atomic E-state index is 12.0. The number of thioether (sulfide) groups is 1. The number of amides is 1. The normalized spacial score (nSPS) is 15.0. The van der Waals surface area contributed by atoms with Crippen molar-refractivity contribution >= 4 is 23.6 Å². The lowest BCUT2D eigenvalue weighted by molar-refractivity contribution is -0.134. The number of carbonyl (C=O) groups excluding carboxylic acids is 1. The van der Waals surface area contributed by atoms with Crippen LogP contribution in [0.4, 0.5) is 0 Å².